The van der Waals surface area contributed by atoms with Gasteiger partial charge in [-0.3, -0.25) is 0 Å². The average molecular weight is 1020 g/mol. The third-order valence-electron chi connectivity index (χ3n) is 11.3. The van der Waals surface area contributed by atoms with Crippen molar-refractivity contribution in [1.82, 2.24) is 18.6 Å². The SMILES string of the molecule is CCCc1ccc(Cc2csc(N3CCN(S(=O)(=O)c4cccc(C(F)(F)F)c4)CC3)n2)cc1.CCOc1ccc(Cc2csc(N3CCN(S(=O)(=O)c4cccc(C(F)(F)F)c4)CC3)n2)cc1. The van der Waals surface area contributed by atoms with E-state index in [1.165, 1.54) is 54.5 Å². The Hall–Kier alpha value is -5.06. The van der Waals surface area contributed by atoms with E-state index in [0.717, 1.165) is 76.5 Å². The molecular weight excluding hydrogens is 971 g/mol. The number of ether oxygens (including phenoxy) is 1. The minimum Gasteiger partial charge on any atom is -0.494 e. The molecular formula is C47H50F6N6O5S4. The lowest BCUT2D eigenvalue weighted by Crippen LogP contribution is -2.48. The molecule has 8 rings (SSSR count). The Balaban J connectivity index is 0.000000201. The summed E-state index contributed by atoms with van der Waals surface area (Å²) in [6.45, 7) is 7.10. The fourth-order valence-electron chi connectivity index (χ4n) is 7.65. The summed E-state index contributed by atoms with van der Waals surface area (Å²) in [7, 11) is -8.02. The molecule has 0 N–H and O–H groups in total. The lowest BCUT2D eigenvalue weighted by molar-refractivity contribution is -0.138. The van der Waals surface area contributed by atoms with E-state index in [4.69, 9.17) is 14.7 Å². The number of thiazole rings is 2. The van der Waals surface area contributed by atoms with Crippen LogP contribution in [0.5, 0.6) is 5.75 Å². The van der Waals surface area contributed by atoms with Crippen molar-refractivity contribution in [1.29, 1.82) is 0 Å². The molecule has 2 saturated heterocycles. The Morgan fingerprint density at radius 1 is 0.559 bits per heavy atom. The van der Waals surface area contributed by atoms with Crippen molar-refractivity contribution in [3.63, 3.8) is 0 Å². The summed E-state index contributed by atoms with van der Waals surface area (Å²) < 4.78 is 138. The van der Waals surface area contributed by atoms with Crippen LogP contribution in [0.2, 0.25) is 0 Å². The number of piperazine rings is 2. The maximum atomic E-state index is 13.0. The summed E-state index contributed by atoms with van der Waals surface area (Å²) in [5.74, 6) is 0.822. The van der Waals surface area contributed by atoms with Gasteiger partial charge < -0.3 is 14.5 Å². The highest BCUT2D eigenvalue weighted by Gasteiger charge is 2.36. The quantitative estimate of drug-likeness (QED) is 0.0984. The van der Waals surface area contributed by atoms with Crippen LogP contribution in [0.15, 0.2) is 118 Å². The van der Waals surface area contributed by atoms with Gasteiger partial charge in [-0.15, -0.1) is 22.7 Å². The first kappa shape index (κ1) is 50.8. The molecule has 4 aromatic carbocycles. The van der Waals surface area contributed by atoms with Crippen molar-refractivity contribution in [3.8, 4) is 5.75 Å². The fourth-order valence-corrected chi connectivity index (χ4v) is 12.3. The molecule has 364 valence electrons. The van der Waals surface area contributed by atoms with E-state index in [9.17, 15) is 43.2 Å². The number of sulfonamides is 2. The zero-order valence-electron chi connectivity index (χ0n) is 37.2. The van der Waals surface area contributed by atoms with Crippen LogP contribution in [0.4, 0.5) is 36.6 Å². The van der Waals surface area contributed by atoms with Crippen molar-refractivity contribution < 1.29 is 47.9 Å². The molecule has 6 aromatic rings. The van der Waals surface area contributed by atoms with Crippen molar-refractivity contribution in [2.45, 2.75) is 61.7 Å². The van der Waals surface area contributed by atoms with Gasteiger partial charge in [0.2, 0.25) is 20.0 Å². The number of hydrogen-bond donors (Lipinski definition) is 0. The molecule has 2 aliphatic heterocycles. The monoisotopic (exact) mass is 1020 g/mol. The number of aromatic nitrogens is 2. The third-order valence-corrected chi connectivity index (χ3v) is 17.0. The van der Waals surface area contributed by atoms with E-state index in [1.807, 2.05) is 51.7 Å². The van der Waals surface area contributed by atoms with Crippen LogP contribution in [-0.2, 0) is 51.7 Å². The first-order valence-electron chi connectivity index (χ1n) is 21.9. The zero-order chi connectivity index (χ0) is 48.7. The van der Waals surface area contributed by atoms with Crippen LogP contribution in [0.25, 0.3) is 0 Å². The molecule has 0 spiro atoms. The summed E-state index contributed by atoms with van der Waals surface area (Å²) in [4.78, 5) is 12.8. The van der Waals surface area contributed by atoms with Gasteiger partial charge >= 0.3 is 12.4 Å². The predicted octanol–water partition coefficient (Wildman–Crippen LogP) is 9.88. The highest BCUT2D eigenvalue weighted by atomic mass is 32.2. The zero-order valence-corrected chi connectivity index (χ0v) is 40.5. The Morgan fingerprint density at radius 2 is 0.956 bits per heavy atom. The number of hydrogen-bond acceptors (Lipinski definition) is 11. The van der Waals surface area contributed by atoms with E-state index in [0.29, 0.717) is 51.3 Å². The number of halogens is 6. The highest BCUT2D eigenvalue weighted by Crippen LogP contribution is 2.34. The average Bonchev–Trinajstić information content (AvgIpc) is 4.00. The maximum absolute atomic E-state index is 13.0. The van der Waals surface area contributed by atoms with Gasteiger partial charge in [0.05, 0.1) is 38.9 Å². The first-order chi connectivity index (χ1) is 32.3. The third kappa shape index (κ3) is 12.8. The second-order valence-electron chi connectivity index (χ2n) is 16.1. The van der Waals surface area contributed by atoms with E-state index in [-0.39, 0.29) is 36.0 Å². The van der Waals surface area contributed by atoms with Crippen molar-refractivity contribution in [2.24, 2.45) is 0 Å². The number of anilines is 2. The lowest BCUT2D eigenvalue weighted by Gasteiger charge is -2.33. The summed E-state index contributed by atoms with van der Waals surface area (Å²) in [5, 5.41) is 5.63. The maximum Gasteiger partial charge on any atom is 0.416 e. The Labute approximate surface area is 400 Å². The molecule has 0 bridgehead atoms. The van der Waals surface area contributed by atoms with E-state index in [2.05, 4.69) is 31.2 Å². The molecule has 4 heterocycles. The molecule has 0 radical (unpaired) electrons. The van der Waals surface area contributed by atoms with Gasteiger partial charge in [-0.1, -0.05) is 61.9 Å². The Kier molecular flexibility index (Phi) is 16.2. The molecule has 11 nitrogen and oxygen atoms in total. The van der Waals surface area contributed by atoms with E-state index in [1.54, 1.807) is 0 Å². The molecule has 2 aromatic heterocycles. The molecule has 0 saturated carbocycles. The minimum absolute atomic E-state index is 0.173. The van der Waals surface area contributed by atoms with Crippen LogP contribution in [-0.4, -0.2) is 94.4 Å². The van der Waals surface area contributed by atoms with Crippen molar-refractivity contribution >= 4 is 53.0 Å². The summed E-state index contributed by atoms with van der Waals surface area (Å²) >= 11 is 3.01. The topological polar surface area (TPSA) is 116 Å². The van der Waals surface area contributed by atoms with Gasteiger partial charge in [0, 0.05) is 76.0 Å². The van der Waals surface area contributed by atoms with E-state index < -0.39 is 43.5 Å². The highest BCUT2D eigenvalue weighted by molar-refractivity contribution is 7.89. The van der Waals surface area contributed by atoms with Crippen molar-refractivity contribution in [3.05, 3.63) is 147 Å². The summed E-state index contributed by atoms with van der Waals surface area (Å²) in [6, 6.07) is 24.2. The van der Waals surface area contributed by atoms with Crippen LogP contribution in [0.3, 0.4) is 0 Å². The number of rotatable bonds is 14. The molecule has 68 heavy (non-hydrogen) atoms. The van der Waals surface area contributed by atoms with Gasteiger partial charge in [-0.05, 0) is 78.6 Å². The molecule has 21 heteroatoms. The van der Waals surface area contributed by atoms with Crippen LogP contribution < -0.4 is 14.5 Å². The van der Waals surface area contributed by atoms with Crippen molar-refractivity contribution in [2.75, 3.05) is 68.8 Å². The van der Waals surface area contributed by atoms with Crippen LogP contribution in [0, 0.1) is 0 Å². The van der Waals surface area contributed by atoms with Gasteiger partial charge in [0.1, 0.15) is 5.75 Å². The molecule has 0 aliphatic carbocycles. The Bertz CT molecular complexity index is 2630. The largest absolute Gasteiger partial charge is 0.494 e. The lowest BCUT2D eigenvalue weighted by atomic mass is 10.1. The minimum atomic E-state index is -4.60. The molecule has 0 amide bonds. The number of alkyl halides is 6. The molecule has 0 atom stereocenters. The normalized spacial score (nSPS) is 15.5. The van der Waals surface area contributed by atoms with Gasteiger partial charge in [-0.2, -0.15) is 35.0 Å². The number of benzene rings is 4. The van der Waals surface area contributed by atoms with Crippen LogP contribution >= 0.6 is 22.7 Å². The standard InChI is InChI=1S/C24H26F3N3O2S2.C23H24F3N3O3S2/c1-2-4-18-7-9-19(10-8-18)15-21-17-33-23(28-21)29-11-13-30(14-12-29)34(31,32)22-6-3-5-20(16-22)24(25,26)27;1-2-32-20-8-6-17(7-9-20)14-19-16-33-22(27-19)28-10-12-29(13-11-28)34(30,31)21-5-3-4-18(15-21)23(24,25)26/h3,5-10,16-17H,2,4,11-15H2,1H3;3-9,15-16H,2,10-14H2,1H3. The molecule has 2 aliphatic rings. The summed E-state index contributed by atoms with van der Waals surface area (Å²) in [5.41, 5.74) is 3.55. The van der Waals surface area contributed by atoms with Gasteiger partial charge in [0.15, 0.2) is 10.3 Å². The van der Waals surface area contributed by atoms with Gasteiger partial charge in [0.25, 0.3) is 0 Å². The predicted molar refractivity (Wildman–Crippen MR) is 253 cm³/mol. The van der Waals surface area contributed by atoms with Gasteiger partial charge in [-0.25, -0.2) is 26.8 Å². The van der Waals surface area contributed by atoms with Crippen LogP contribution in [0.1, 0.15) is 59.5 Å². The Morgan fingerprint density at radius 3 is 1.34 bits per heavy atom. The van der Waals surface area contributed by atoms with E-state index >= 15 is 0 Å². The summed E-state index contributed by atoms with van der Waals surface area (Å²) in [6.07, 6.45) is -5.61. The second kappa shape index (κ2) is 21.7. The second-order valence-corrected chi connectivity index (χ2v) is 21.6. The smallest absolute Gasteiger partial charge is 0.416 e. The number of nitrogens with zero attached hydrogens (tertiary/aromatic N) is 6. The molecule has 2 fully saturated rings. The first-order valence-corrected chi connectivity index (χ1v) is 26.5. The number of aryl methyl sites for hydroxylation is 1. The molecule has 0 unspecified atom stereocenters. The fraction of sp³-hybridized carbons (Fsp3) is 0.362.